The fourth-order valence-corrected chi connectivity index (χ4v) is 2.54. The van der Waals surface area contributed by atoms with Crippen molar-refractivity contribution in [2.45, 2.75) is 31.6 Å². The van der Waals surface area contributed by atoms with E-state index < -0.39 is 0 Å². The summed E-state index contributed by atoms with van der Waals surface area (Å²) in [4.78, 5) is 24.3. The minimum atomic E-state index is -0.149. The molecule has 0 bridgehead atoms. The van der Waals surface area contributed by atoms with Gasteiger partial charge in [0.15, 0.2) is 5.82 Å². The lowest BCUT2D eigenvalue weighted by Gasteiger charge is -2.06. The summed E-state index contributed by atoms with van der Waals surface area (Å²) < 4.78 is 4.88. The van der Waals surface area contributed by atoms with E-state index in [1.165, 1.54) is 11.8 Å². The summed E-state index contributed by atoms with van der Waals surface area (Å²) in [5.74, 6) is 1.20. The number of thioether (sulfide) groups is 1. The van der Waals surface area contributed by atoms with Crippen LogP contribution in [0.3, 0.4) is 0 Å². The number of aromatic nitrogens is 1. The Labute approximate surface area is 139 Å². The first kappa shape index (κ1) is 17.1. The molecule has 2 amide bonds. The van der Waals surface area contributed by atoms with Crippen molar-refractivity contribution in [2.75, 3.05) is 16.4 Å². The van der Waals surface area contributed by atoms with Gasteiger partial charge in [-0.2, -0.15) is 0 Å². The Balaban J connectivity index is 1.79. The molecule has 0 saturated carbocycles. The van der Waals surface area contributed by atoms with E-state index >= 15 is 0 Å². The van der Waals surface area contributed by atoms with Crippen molar-refractivity contribution >= 4 is 35.1 Å². The van der Waals surface area contributed by atoms with E-state index in [0.29, 0.717) is 18.0 Å². The maximum Gasteiger partial charge on any atom is 0.235 e. The number of carbonyl (C=O) groups excluding carboxylic acids is 2. The summed E-state index contributed by atoms with van der Waals surface area (Å²) in [5.41, 5.74) is 0.760. The molecule has 6 nitrogen and oxygen atoms in total. The molecule has 23 heavy (non-hydrogen) atoms. The summed E-state index contributed by atoms with van der Waals surface area (Å²) in [6.07, 6.45) is 1.33. The van der Waals surface area contributed by atoms with Crippen LogP contribution in [0.5, 0.6) is 0 Å². The highest BCUT2D eigenvalue weighted by atomic mass is 32.2. The van der Waals surface area contributed by atoms with Crippen molar-refractivity contribution < 1.29 is 14.1 Å². The van der Waals surface area contributed by atoms with E-state index in [9.17, 15) is 9.59 Å². The second-order valence-corrected chi connectivity index (χ2v) is 6.03. The Kier molecular flexibility index (Phi) is 6.22. The number of carbonyl (C=O) groups is 2. The Hall–Kier alpha value is -2.28. The highest BCUT2D eigenvalue weighted by molar-refractivity contribution is 8.00. The van der Waals surface area contributed by atoms with Gasteiger partial charge >= 0.3 is 0 Å². The Morgan fingerprint density at radius 1 is 1.17 bits per heavy atom. The van der Waals surface area contributed by atoms with Crippen molar-refractivity contribution in [1.82, 2.24) is 5.16 Å². The second-order valence-electron chi connectivity index (χ2n) is 4.98. The number of anilines is 2. The van der Waals surface area contributed by atoms with Crippen LogP contribution in [0.4, 0.5) is 11.5 Å². The maximum absolute atomic E-state index is 11.8. The molecule has 1 heterocycles. The average molecular weight is 333 g/mol. The lowest BCUT2D eigenvalue weighted by molar-refractivity contribution is -0.116. The van der Waals surface area contributed by atoms with Crippen LogP contribution >= 0.6 is 11.8 Å². The van der Waals surface area contributed by atoms with E-state index in [-0.39, 0.29) is 17.6 Å². The van der Waals surface area contributed by atoms with Gasteiger partial charge in [-0.15, -0.1) is 11.8 Å². The molecule has 0 fully saturated rings. The zero-order chi connectivity index (χ0) is 16.7. The van der Waals surface area contributed by atoms with Crippen LogP contribution in [0.1, 0.15) is 25.5 Å². The summed E-state index contributed by atoms with van der Waals surface area (Å²) in [5, 5.41) is 9.20. The van der Waals surface area contributed by atoms with Crippen LogP contribution in [0, 0.1) is 6.92 Å². The minimum Gasteiger partial charge on any atom is -0.360 e. The number of aryl methyl sites for hydroxylation is 1. The van der Waals surface area contributed by atoms with Gasteiger partial charge in [0.2, 0.25) is 11.8 Å². The van der Waals surface area contributed by atoms with Crippen LogP contribution < -0.4 is 10.6 Å². The fourth-order valence-electron chi connectivity index (χ4n) is 1.84. The molecule has 0 radical (unpaired) electrons. The van der Waals surface area contributed by atoms with Gasteiger partial charge < -0.3 is 15.2 Å². The SMILES string of the molecule is CCCC(=O)Nc1ccc(SCC(=O)Nc2cc(C)on2)cc1. The van der Waals surface area contributed by atoms with Crippen LogP contribution in [-0.2, 0) is 9.59 Å². The second kappa shape index (κ2) is 8.38. The van der Waals surface area contributed by atoms with Crippen LogP contribution in [0.15, 0.2) is 39.8 Å². The Bertz CT molecular complexity index is 667. The van der Waals surface area contributed by atoms with Gasteiger partial charge in [-0.05, 0) is 37.6 Å². The molecule has 1 aromatic carbocycles. The predicted molar refractivity (Wildman–Crippen MR) is 90.6 cm³/mol. The van der Waals surface area contributed by atoms with E-state index in [4.69, 9.17) is 4.52 Å². The maximum atomic E-state index is 11.8. The molecule has 2 aromatic rings. The molecular weight excluding hydrogens is 314 g/mol. The van der Waals surface area contributed by atoms with E-state index in [2.05, 4.69) is 15.8 Å². The lowest BCUT2D eigenvalue weighted by Crippen LogP contribution is -2.14. The molecule has 1 aromatic heterocycles. The van der Waals surface area contributed by atoms with Crippen molar-refractivity contribution in [3.05, 3.63) is 36.1 Å². The van der Waals surface area contributed by atoms with Gasteiger partial charge in [0, 0.05) is 23.1 Å². The first-order chi connectivity index (χ1) is 11.1. The minimum absolute atomic E-state index is 0.00943. The standard InChI is InChI=1S/C16H19N3O3S/c1-3-4-15(20)17-12-5-7-13(8-6-12)23-10-16(21)18-14-9-11(2)22-19-14/h5-9H,3-4,10H2,1-2H3,(H,17,20)(H,18,19,21). The molecule has 0 aliphatic carbocycles. The molecule has 0 atom stereocenters. The molecular formula is C16H19N3O3S. The van der Waals surface area contributed by atoms with Gasteiger partial charge in [-0.3, -0.25) is 9.59 Å². The number of benzene rings is 1. The molecule has 0 unspecified atom stereocenters. The average Bonchev–Trinajstić information content (AvgIpc) is 2.92. The van der Waals surface area contributed by atoms with Gasteiger partial charge in [0.25, 0.3) is 0 Å². The summed E-state index contributed by atoms with van der Waals surface area (Å²) in [6.45, 7) is 3.73. The highest BCUT2D eigenvalue weighted by Gasteiger charge is 2.07. The molecule has 0 aliphatic rings. The third-order valence-electron chi connectivity index (χ3n) is 2.88. The number of hydrogen-bond acceptors (Lipinski definition) is 5. The Morgan fingerprint density at radius 3 is 2.52 bits per heavy atom. The van der Waals surface area contributed by atoms with E-state index in [1.54, 1.807) is 13.0 Å². The third kappa shape index (κ3) is 5.78. The van der Waals surface area contributed by atoms with E-state index in [1.807, 2.05) is 31.2 Å². The molecule has 0 spiro atoms. The number of rotatable bonds is 7. The lowest BCUT2D eigenvalue weighted by atomic mass is 10.3. The molecule has 122 valence electrons. The quantitative estimate of drug-likeness (QED) is 0.758. The molecule has 0 aliphatic heterocycles. The monoisotopic (exact) mass is 333 g/mol. The van der Waals surface area contributed by atoms with Crippen LogP contribution in [0.25, 0.3) is 0 Å². The topological polar surface area (TPSA) is 84.2 Å². The number of nitrogens with one attached hydrogen (secondary N) is 2. The van der Waals surface area contributed by atoms with Gasteiger partial charge in [0.1, 0.15) is 5.76 Å². The summed E-state index contributed by atoms with van der Waals surface area (Å²) in [7, 11) is 0. The van der Waals surface area contributed by atoms with Gasteiger partial charge in [-0.1, -0.05) is 12.1 Å². The largest absolute Gasteiger partial charge is 0.360 e. The highest BCUT2D eigenvalue weighted by Crippen LogP contribution is 2.21. The van der Waals surface area contributed by atoms with Gasteiger partial charge in [-0.25, -0.2) is 0 Å². The molecule has 2 rings (SSSR count). The van der Waals surface area contributed by atoms with Crippen molar-refractivity contribution in [3.63, 3.8) is 0 Å². The number of nitrogens with zero attached hydrogens (tertiary/aromatic N) is 1. The van der Waals surface area contributed by atoms with Crippen molar-refractivity contribution in [3.8, 4) is 0 Å². The number of amides is 2. The number of hydrogen-bond donors (Lipinski definition) is 2. The summed E-state index contributed by atoms with van der Waals surface area (Å²) in [6, 6.07) is 9.07. The molecule has 7 heteroatoms. The van der Waals surface area contributed by atoms with Gasteiger partial charge in [0.05, 0.1) is 5.75 Å². The zero-order valence-electron chi connectivity index (χ0n) is 13.1. The normalized spacial score (nSPS) is 10.3. The van der Waals surface area contributed by atoms with E-state index in [0.717, 1.165) is 17.0 Å². The van der Waals surface area contributed by atoms with Crippen LogP contribution in [-0.4, -0.2) is 22.7 Å². The first-order valence-electron chi connectivity index (χ1n) is 7.32. The molecule has 2 N–H and O–H groups in total. The first-order valence-corrected chi connectivity index (χ1v) is 8.31. The smallest absolute Gasteiger partial charge is 0.235 e. The van der Waals surface area contributed by atoms with Crippen LogP contribution in [0.2, 0.25) is 0 Å². The van der Waals surface area contributed by atoms with Crippen molar-refractivity contribution in [1.29, 1.82) is 0 Å². The third-order valence-corrected chi connectivity index (χ3v) is 3.89. The predicted octanol–water partition coefficient (Wildman–Crippen LogP) is 3.45. The summed E-state index contributed by atoms with van der Waals surface area (Å²) >= 11 is 1.41. The van der Waals surface area contributed by atoms with Crippen molar-refractivity contribution in [2.24, 2.45) is 0 Å². The zero-order valence-corrected chi connectivity index (χ0v) is 13.9. The fraction of sp³-hybridized carbons (Fsp3) is 0.312. The Morgan fingerprint density at radius 2 is 1.91 bits per heavy atom. The molecule has 0 saturated heterocycles.